The maximum Gasteiger partial charge on any atom is 0.253 e. The van der Waals surface area contributed by atoms with E-state index < -0.39 is 17.5 Å². The summed E-state index contributed by atoms with van der Waals surface area (Å²) < 4.78 is 33.2. The molecule has 23 heavy (non-hydrogen) atoms. The van der Waals surface area contributed by atoms with Crippen molar-refractivity contribution in [3.05, 3.63) is 58.1 Å². The predicted octanol–water partition coefficient (Wildman–Crippen LogP) is 3.34. The first-order chi connectivity index (χ1) is 10.9. The number of nitrogens with zero attached hydrogens (tertiary/aromatic N) is 1. The molecule has 122 valence electrons. The van der Waals surface area contributed by atoms with Crippen LogP contribution in [0.5, 0.6) is 5.75 Å². The molecule has 2 aromatic carbocycles. The predicted molar refractivity (Wildman–Crippen MR) is 87.8 cm³/mol. The van der Waals surface area contributed by atoms with Gasteiger partial charge >= 0.3 is 0 Å². The molecule has 2 N–H and O–H groups in total. The average Bonchev–Trinajstić information content (AvgIpc) is 2.47. The van der Waals surface area contributed by atoms with Crippen LogP contribution in [0.25, 0.3) is 0 Å². The number of primary amides is 1. The highest BCUT2D eigenvalue weighted by molar-refractivity contribution is 9.10. The molecular weight excluding hydrogens is 370 g/mol. The lowest BCUT2D eigenvalue weighted by Crippen LogP contribution is -2.27. The smallest absolute Gasteiger partial charge is 0.253 e. The van der Waals surface area contributed by atoms with Crippen molar-refractivity contribution in [2.24, 2.45) is 5.73 Å². The highest BCUT2D eigenvalue weighted by atomic mass is 79.9. The van der Waals surface area contributed by atoms with Crippen LogP contribution in [0.4, 0.5) is 14.5 Å². The van der Waals surface area contributed by atoms with E-state index in [0.29, 0.717) is 16.7 Å². The number of carbonyl (C=O) groups is 1. The van der Waals surface area contributed by atoms with E-state index in [-0.39, 0.29) is 17.9 Å². The number of anilines is 1. The Hall–Kier alpha value is -2.15. The van der Waals surface area contributed by atoms with Crippen LogP contribution in [0.1, 0.15) is 10.4 Å². The van der Waals surface area contributed by atoms with Crippen molar-refractivity contribution in [2.45, 2.75) is 0 Å². The van der Waals surface area contributed by atoms with Crippen molar-refractivity contribution in [1.82, 2.24) is 0 Å². The Balaban J connectivity index is 2.10. The quantitative estimate of drug-likeness (QED) is 0.830. The number of hydrogen-bond acceptors (Lipinski definition) is 3. The van der Waals surface area contributed by atoms with E-state index in [0.717, 1.165) is 0 Å². The molecule has 1 amide bonds. The Kier molecular flexibility index (Phi) is 5.54. The van der Waals surface area contributed by atoms with Crippen LogP contribution in [-0.2, 0) is 0 Å². The zero-order chi connectivity index (χ0) is 17.0. The molecule has 4 nitrogen and oxygen atoms in total. The van der Waals surface area contributed by atoms with Gasteiger partial charge in [-0.2, -0.15) is 0 Å². The van der Waals surface area contributed by atoms with Gasteiger partial charge in [-0.05, 0) is 24.3 Å². The fourth-order valence-electron chi connectivity index (χ4n) is 2.08. The van der Waals surface area contributed by atoms with E-state index in [4.69, 9.17) is 10.5 Å². The number of benzene rings is 2. The summed E-state index contributed by atoms with van der Waals surface area (Å²) in [5.41, 5.74) is 5.38. The van der Waals surface area contributed by atoms with Crippen LogP contribution in [0, 0.1) is 11.6 Å². The first-order valence-electron chi connectivity index (χ1n) is 6.77. The van der Waals surface area contributed by atoms with Gasteiger partial charge in [0.1, 0.15) is 12.4 Å². The standard InChI is InChI=1S/C16H15BrF2N2O2/c1-21(6-7-23-14-5-3-2-4-11(14)18)13-9-10(17)8-12(19)15(13)16(20)22/h2-5,8-9H,6-7H2,1H3,(H2,20,22). The summed E-state index contributed by atoms with van der Waals surface area (Å²) in [7, 11) is 1.67. The van der Waals surface area contributed by atoms with Gasteiger partial charge in [0.15, 0.2) is 11.6 Å². The Labute approximate surface area is 141 Å². The van der Waals surface area contributed by atoms with Gasteiger partial charge < -0.3 is 15.4 Å². The molecule has 0 aliphatic heterocycles. The van der Waals surface area contributed by atoms with Crippen LogP contribution >= 0.6 is 15.9 Å². The molecule has 0 aliphatic rings. The minimum absolute atomic E-state index is 0.136. The normalized spacial score (nSPS) is 10.4. The lowest BCUT2D eigenvalue weighted by molar-refractivity contribution is 0.0997. The lowest BCUT2D eigenvalue weighted by atomic mass is 10.1. The second kappa shape index (κ2) is 7.41. The highest BCUT2D eigenvalue weighted by Crippen LogP contribution is 2.27. The van der Waals surface area contributed by atoms with Crippen molar-refractivity contribution >= 4 is 27.5 Å². The maximum absolute atomic E-state index is 13.9. The van der Waals surface area contributed by atoms with Crippen LogP contribution in [-0.4, -0.2) is 26.1 Å². The molecule has 0 heterocycles. The summed E-state index contributed by atoms with van der Waals surface area (Å²) >= 11 is 3.18. The van der Waals surface area contributed by atoms with Crippen molar-refractivity contribution in [2.75, 3.05) is 25.1 Å². The molecule has 0 atom stereocenters. The number of amides is 1. The van der Waals surface area contributed by atoms with E-state index in [2.05, 4.69) is 15.9 Å². The molecular formula is C16H15BrF2N2O2. The number of para-hydroxylation sites is 1. The molecule has 0 spiro atoms. The fraction of sp³-hybridized carbons (Fsp3) is 0.188. The van der Waals surface area contributed by atoms with Gasteiger partial charge in [0.2, 0.25) is 0 Å². The van der Waals surface area contributed by atoms with E-state index in [1.807, 2.05) is 0 Å². The van der Waals surface area contributed by atoms with E-state index in [1.54, 1.807) is 30.1 Å². The zero-order valence-electron chi connectivity index (χ0n) is 12.4. The molecule has 2 aromatic rings. The van der Waals surface area contributed by atoms with Crippen LogP contribution in [0.3, 0.4) is 0 Å². The minimum Gasteiger partial charge on any atom is -0.489 e. The molecule has 2 rings (SSSR count). The molecule has 0 fully saturated rings. The molecule has 0 saturated carbocycles. The monoisotopic (exact) mass is 384 g/mol. The molecule has 0 aromatic heterocycles. The molecule has 0 unspecified atom stereocenters. The molecule has 0 saturated heterocycles. The molecule has 7 heteroatoms. The number of carbonyl (C=O) groups excluding carboxylic acids is 1. The van der Waals surface area contributed by atoms with Crippen molar-refractivity contribution in [3.8, 4) is 5.75 Å². The zero-order valence-corrected chi connectivity index (χ0v) is 13.9. The first-order valence-corrected chi connectivity index (χ1v) is 7.56. The van der Waals surface area contributed by atoms with Gasteiger partial charge in [-0.1, -0.05) is 28.1 Å². The minimum atomic E-state index is -0.855. The second-order valence-electron chi connectivity index (χ2n) is 4.85. The fourth-order valence-corrected chi connectivity index (χ4v) is 2.50. The second-order valence-corrected chi connectivity index (χ2v) is 5.76. The Bertz CT molecular complexity index is 725. The topological polar surface area (TPSA) is 55.6 Å². The Morgan fingerprint density at radius 2 is 1.96 bits per heavy atom. The van der Waals surface area contributed by atoms with Crippen molar-refractivity contribution < 1.29 is 18.3 Å². The van der Waals surface area contributed by atoms with Gasteiger partial charge in [0.05, 0.1) is 17.8 Å². The number of rotatable bonds is 6. The third kappa shape index (κ3) is 4.19. The Morgan fingerprint density at radius 1 is 1.26 bits per heavy atom. The van der Waals surface area contributed by atoms with Gasteiger partial charge in [-0.3, -0.25) is 4.79 Å². The number of hydrogen-bond donors (Lipinski definition) is 1. The average molecular weight is 385 g/mol. The lowest BCUT2D eigenvalue weighted by Gasteiger charge is -2.22. The van der Waals surface area contributed by atoms with Gasteiger partial charge in [0, 0.05) is 11.5 Å². The van der Waals surface area contributed by atoms with Crippen molar-refractivity contribution in [3.63, 3.8) is 0 Å². The summed E-state index contributed by atoms with van der Waals surface area (Å²) in [6.45, 7) is 0.467. The third-order valence-electron chi connectivity index (χ3n) is 3.21. The molecule has 0 radical (unpaired) electrons. The van der Waals surface area contributed by atoms with Gasteiger partial charge in [0.25, 0.3) is 5.91 Å². The summed E-state index contributed by atoms with van der Waals surface area (Å²) in [4.78, 5) is 13.1. The summed E-state index contributed by atoms with van der Waals surface area (Å²) in [6, 6.07) is 8.81. The van der Waals surface area contributed by atoms with E-state index in [1.165, 1.54) is 18.2 Å². The number of ether oxygens (including phenoxy) is 1. The van der Waals surface area contributed by atoms with E-state index >= 15 is 0 Å². The maximum atomic E-state index is 13.9. The third-order valence-corrected chi connectivity index (χ3v) is 3.67. The van der Waals surface area contributed by atoms with E-state index in [9.17, 15) is 13.6 Å². The number of halogens is 3. The molecule has 0 bridgehead atoms. The first kappa shape index (κ1) is 17.2. The summed E-state index contributed by atoms with van der Waals surface area (Å²) in [5.74, 6) is -1.88. The van der Waals surface area contributed by atoms with Crippen molar-refractivity contribution in [1.29, 1.82) is 0 Å². The molecule has 0 aliphatic carbocycles. The van der Waals surface area contributed by atoms with Crippen LogP contribution in [0.15, 0.2) is 40.9 Å². The largest absolute Gasteiger partial charge is 0.489 e. The van der Waals surface area contributed by atoms with Gasteiger partial charge in [-0.25, -0.2) is 8.78 Å². The van der Waals surface area contributed by atoms with Crippen LogP contribution in [0.2, 0.25) is 0 Å². The van der Waals surface area contributed by atoms with Gasteiger partial charge in [-0.15, -0.1) is 0 Å². The Morgan fingerprint density at radius 3 is 2.61 bits per heavy atom. The van der Waals surface area contributed by atoms with Crippen LogP contribution < -0.4 is 15.4 Å². The highest BCUT2D eigenvalue weighted by Gasteiger charge is 2.18. The SMILES string of the molecule is CN(CCOc1ccccc1F)c1cc(Br)cc(F)c1C(N)=O. The summed E-state index contributed by atoms with van der Waals surface area (Å²) in [6.07, 6.45) is 0. The number of likely N-dealkylation sites (N-methyl/N-ethyl adjacent to an activating group) is 1. The number of nitrogens with two attached hydrogens (primary N) is 1. The summed E-state index contributed by atoms with van der Waals surface area (Å²) in [5, 5.41) is 0.